The number of halogens is 4. The second-order valence-electron chi connectivity index (χ2n) is 3.96. The highest BCUT2D eigenvalue weighted by molar-refractivity contribution is 9.10. The molecular formula is C14H8Br2ClFO. The van der Waals surface area contributed by atoms with Crippen LogP contribution in [0, 0.1) is 5.82 Å². The zero-order chi connectivity index (χ0) is 14.0. The average molecular weight is 406 g/mol. The van der Waals surface area contributed by atoms with Crippen LogP contribution in [0.15, 0.2) is 45.3 Å². The maximum atomic E-state index is 13.0. The standard InChI is InChI=1S/C14H8Br2ClFO/c15-9-2-4-11(13(17)6-9)14(19)5-8-1-3-10(18)7-12(8)16/h1-4,6-7H,5H2. The molecule has 2 aromatic carbocycles. The third kappa shape index (κ3) is 3.65. The first-order valence-electron chi connectivity index (χ1n) is 5.39. The Kier molecular flexibility index (Phi) is 4.76. The Hall–Kier alpha value is -0.710. The minimum atomic E-state index is -0.343. The van der Waals surface area contributed by atoms with Crippen LogP contribution in [-0.4, -0.2) is 5.78 Å². The molecule has 2 rings (SSSR count). The molecule has 0 atom stereocenters. The molecule has 0 aromatic heterocycles. The van der Waals surface area contributed by atoms with Gasteiger partial charge in [-0.15, -0.1) is 0 Å². The number of Topliss-reactive ketones (excluding diaryl/α,β-unsaturated/α-hetero) is 1. The molecule has 5 heteroatoms. The van der Waals surface area contributed by atoms with E-state index in [9.17, 15) is 9.18 Å². The molecule has 0 heterocycles. The first-order chi connectivity index (χ1) is 8.97. The topological polar surface area (TPSA) is 17.1 Å². The van der Waals surface area contributed by atoms with Crippen LogP contribution < -0.4 is 0 Å². The molecular weight excluding hydrogens is 398 g/mol. The number of carbonyl (C=O) groups excluding carboxylic acids is 1. The highest BCUT2D eigenvalue weighted by Gasteiger charge is 2.13. The minimum Gasteiger partial charge on any atom is -0.294 e. The molecule has 0 N–H and O–H groups in total. The molecule has 19 heavy (non-hydrogen) atoms. The molecule has 0 saturated heterocycles. The average Bonchev–Trinajstić information content (AvgIpc) is 2.32. The van der Waals surface area contributed by atoms with Crippen molar-refractivity contribution >= 4 is 49.2 Å². The maximum Gasteiger partial charge on any atom is 0.168 e. The highest BCUT2D eigenvalue weighted by Crippen LogP contribution is 2.25. The third-order valence-corrected chi connectivity index (χ3v) is 4.14. The van der Waals surface area contributed by atoms with Crippen LogP contribution in [0.1, 0.15) is 15.9 Å². The second-order valence-corrected chi connectivity index (χ2v) is 6.14. The Balaban J connectivity index is 2.25. The van der Waals surface area contributed by atoms with E-state index in [1.807, 2.05) is 0 Å². The smallest absolute Gasteiger partial charge is 0.168 e. The predicted molar refractivity (Wildman–Crippen MR) is 81.3 cm³/mol. The summed E-state index contributed by atoms with van der Waals surface area (Å²) >= 11 is 12.6. The Morgan fingerprint density at radius 3 is 2.53 bits per heavy atom. The van der Waals surface area contributed by atoms with E-state index < -0.39 is 0 Å². The van der Waals surface area contributed by atoms with Crippen molar-refractivity contribution in [2.75, 3.05) is 0 Å². The lowest BCUT2D eigenvalue weighted by Crippen LogP contribution is -2.05. The van der Waals surface area contributed by atoms with Crippen molar-refractivity contribution in [3.05, 3.63) is 67.3 Å². The van der Waals surface area contributed by atoms with E-state index in [0.717, 1.165) is 10.0 Å². The van der Waals surface area contributed by atoms with Crippen LogP contribution in [0.3, 0.4) is 0 Å². The van der Waals surface area contributed by atoms with Gasteiger partial charge in [-0.2, -0.15) is 0 Å². The summed E-state index contributed by atoms with van der Waals surface area (Å²) in [5, 5.41) is 0.401. The van der Waals surface area contributed by atoms with Crippen LogP contribution in [0.5, 0.6) is 0 Å². The molecule has 0 spiro atoms. The van der Waals surface area contributed by atoms with E-state index in [1.54, 1.807) is 24.3 Å². The van der Waals surface area contributed by atoms with E-state index in [2.05, 4.69) is 31.9 Å². The highest BCUT2D eigenvalue weighted by atomic mass is 79.9. The minimum absolute atomic E-state index is 0.107. The molecule has 1 nitrogen and oxygen atoms in total. The lowest BCUT2D eigenvalue weighted by molar-refractivity contribution is 0.0993. The van der Waals surface area contributed by atoms with E-state index >= 15 is 0 Å². The van der Waals surface area contributed by atoms with E-state index in [1.165, 1.54) is 12.1 Å². The van der Waals surface area contributed by atoms with Gasteiger partial charge >= 0.3 is 0 Å². The number of hydrogen-bond donors (Lipinski definition) is 0. The van der Waals surface area contributed by atoms with Crippen molar-refractivity contribution in [2.24, 2.45) is 0 Å². The summed E-state index contributed by atoms with van der Waals surface area (Å²) in [5.74, 6) is -0.449. The molecule has 2 aromatic rings. The molecule has 0 fully saturated rings. The van der Waals surface area contributed by atoms with Gasteiger partial charge in [0.1, 0.15) is 5.82 Å². The Labute approximate surface area is 132 Å². The van der Waals surface area contributed by atoms with Crippen molar-refractivity contribution in [2.45, 2.75) is 6.42 Å². The van der Waals surface area contributed by atoms with Crippen LogP contribution in [-0.2, 0) is 6.42 Å². The van der Waals surface area contributed by atoms with Crippen molar-refractivity contribution in [3.8, 4) is 0 Å². The second kappa shape index (κ2) is 6.16. The fraction of sp³-hybridized carbons (Fsp3) is 0.0714. The van der Waals surface area contributed by atoms with Gasteiger partial charge in [-0.3, -0.25) is 4.79 Å². The zero-order valence-electron chi connectivity index (χ0n) is 9.59. The molecule has 0 aliphatic rings. The molecule has 98 valence electrons. The summed E-state index contributed by atoms with van der Waals surface area (Å²) in [6, 6.07) is 9.37. The largest absolute Gasteiger partial charge is 0.294 e. The summed E-state index contributed by atoms with van der Waals surface area (Å²) < 4.78 is 14.4. The fourth-order valence-electron chi connectivity index (χ4n) is 1.65. The normalized spacial score (nSPS) is 10.5. The number of hydrogen-bond acceptors (Lipinski definition) is 1. The van der Waals surface area contributed by atoms with Gasteiger partial charge in [-0.25, -0.2) is 4.39 Å². The monoisotopic (exact) mass is 404 g/mol. The van der Waals surface area contributed by atoms with Crippen LogP contribution >= 0.6 is 43.5 Å². The van der Waals surface area contributed by atoms with Gasteiger partial charge in [0.2, 0.25) is 0 Å². The summed E-state index contributed by atoms with van der Waals surface area (Å²) in [6.07, 6.45) is 0.169. The third-order valence-electron chi connectivity index (χ3n) is 2.60. The van der Waals surface area contributed by atoms with Gasteiger partial charge in [-0.05, 0) is 35.9 Å². The number of ketones is 1. The number of benzene rings is 2. The number of carbonyl (C=O) groups is 1. The summed E-state index contributed by atoms with van der Waals surface area (Å²) in [7, 11) is 0. The molecule has 0 radical (unpaired) electrons. The number of rotatable bonds is 3. The quantitative estimate of drug-likeness (QED) is 0.621. The van der Waals surface area contributed by atoms with Crippen molar-refractivity contribution in [1.29, 1.82) is 0 Å². The van der Waals surface area contributed by atoms with Crippen molar-refractivity contribution < 1.29 is 9.18 Å². The maximum absolute atomic E-state index is 13.0. The van der Waals surface area contributed by atoms with Gasteiger partial charge in [0.15, 0.2) is 5.78 Å². The van der Waals surface area contributed by atoms with E-state index in [-0.39, 0.29) is 18.0 Å². The predicted octanol–water partition coefficient (Wildman–Crippen LogP) is 5.43. The molecule has 0 unspecified atom stereocenters. The van der Waals surface area contributed by atoms with Crippen molar-refractivity contribution in [3.63, 3.8) is 0 Å². The van der Waals surface area contributed by atoms with Gasteiger partial charge in [0.05, 0.1) is 5.02 Å². The summed E-state index contributed by atoms with van der Waals surface area (Å²) in [5.41, 5.74) is 1.19. The van der Waals surface area contributed by atoms with Crippen molar-refractivity contribution in [1.82, 2.24) is 0 Å². The van der Waals surface area contributed by atoms with E-state index in [4.69, 9.17) is 11.6 Å². The zero-order valence-corrected chi connectivity index (χ0v) is 13.5. The first kappa shape index (κ1) is 14.7. The summed E-state index contributed by atoms with van der Waals surface area (Å²) in [4.78, 5) is 12.2. The molecule has 0 amide bonds. The lowest BCUT2D eigenvalue weighted by Gasteiger charge is -2.06. The summed E-state index contributed by atoms with van der Waals surface area (Å²) in [6.45, 7) is 0. The molecule has 0 aliphatic heterocycles. The van der Waals surface area contributed by atoms with Gasteiger partial charge in [-0.1, -0.05) is 49.5 Å². The van der Waals surface area contributed by atoms with Crippen LogP contribution in [0.25, 0.3) is 0 Å². The van der Waals surface area contributed by atoms with E-state index in [0.29, 0.717) is 15.1 Å². The fourth-order valence-corrected chi connectivity index (χ4v) is 2.92. The van der Waals surface area contributed by atoms with Crippen LogP contribution in [0.4, 0.5) is 4.39 Å². The lowest BCUT2D eigenvalue weighted by atomic mass is 10.0. The molecule has 0 aliphatic carbocycles. The molecule has 0 bridgehead atoms. The first-order valence-corrected chi connectivity index (χ1v) is 7.36. The Morgan fingerprint density at radius 1 is 1.16 bits per heavy atom. The van der Waals surface area contributed by atoms with Gasteiger partial charge in [0, 0.05) is 20.9 Å². The van der Waals surface area contributed by atoms with Gasteiger partial charge in [0.25, 0.3) is 0 Å². The van der Waals surface area contributed by atoms with Gasteiger partial charge < -0.3 is 0 Å². The SMILES string of the molecule is O=C(Cc1ccc(F)cc1Br)c1ccc(Br)cc1Cl. The molecule has 0 saturated carbocycles. The Bertz CT molecular complexity index is 643. The Morgan fingerprint density at radius 2 is 1.89 bits per heavy atom. The van der Waals surface area contributed by atoms with Crippen LogP contribution in [0.2, 0.25) is 5.02 Å².